The molecule has 3 N–H and O–H groups in total. The average Bonchev–Trinajstić information content (AvgIpc) is 3.04. The number of primary amides is 1. The van der Waals surface area contributed by atoms with Gasteiger partial charge in [-0.3, -0.25) is 4.79 Å². The molecule has 1 aliphatic carbocycles. The molecule has 3 heteroatoms. The van der Waals surface area contributed by atoms with Gasteiger partial charge in [-0.2, -0.15) is 0 Å². The van der Waals surface area contributed by atoms with E-state index in [4.69, 9.17) is 5.73 Å². The Kier molecular flexibility index (Phi) is 4.29. The molecule has 114 valence electrons. The van der Waals surface area contributed by atoms with Gasteiger partial charge in [-0.05, 0) is 49.8 Å². The molecule has 1 heterocycles. The van der Waals surface area contributed by atoms with Crippen molar-refractivity contribution in [1.29, 1.82) is 0 Å². The van der Waals surface area contributed by atoms with Gasteiger partial charge >= 0.3 is 0 Å². The zero-order valence-electron chi connectivity index (χ0n) is 12.7. The van der Waals surface area contributed by atoms with E-state index in [9.17, 15) is 4.79 Å². The number of hydrogen-bond donors (Lipinski definition) is 2. The van der Waals surface area contributed by atoms with E-state index in [1.165, 1.54) is 19.3 Å². The monoisotopic (exact) mass is 286 g/mol. The molecule has 0 spiro atoms. The minimum absolute atomic E-state index is 0.116. The second-order valence-corrected chi connectivity index (χ2v) is 6.62. The van der Waals surface area contributed by atoms with Crippen LogP contribution in [0.4, 0.5) is 0 Å². The first-order valence-corrected chi connectivity index (χ1v) is 8.32. The minimum Gasteiger partial charge on any atom is -0.369 e. The average molecular weight is 286 g/mol. The van der Waals surface area contributed by atoms with Crippen molar-refractivity contribution in [3.8, 4) is 0 Å². The van der Waals surface area contributed by atoms with E-state index in [0.29, 0.717) is 11.8 Å². The summed E-state index contributed by atoms with van der Waals surface area (Å²) in [4.78, 5) is 12.7. The molecule has 2 unspecified atom stereocenters. The molecule has 1 aromatic rings. The molecule has 1 saturated heterocycles. The van der Waals surface area contributed by atoms with Crippen molar-refractivity contribution < 1.29 is 4.79 Å². The Labute approximate surface area is 127 Å². The SMILES string of the molecule is NC(=O)C(c1ccccc1)(C1CCCCC1)C1CCNC1. The topological polar surface area (TPSA) is 55.1 Å². The smallest absolute Gasteiger partial charge is 0.228 e. The molecule has 0 radical (unpaired) electrons. The minimum atomic E-state index is -0.481. The van der Waals surface area contributed by atoms with Crippen LogP contribution in [0, 0.1) is 11.8 Å². The third kappa shape index (κ3) is 2.48. The lowest BCUT2D eigenvalue weighted by Crippen LogP contribution is -2.53. The third-order valence-electron chi connectivity index (χ3n) is 5.61. The molecule has 2 atom stereocenters. The molecule has 21 heavy (non-hydrogen) atoms. The van der Waals surface area contributed by atoms with Gasteiger partial charge in [-0.15, -0.1) is 0 Å². The van der Waals surface area contributed by atoms with Crippen molar-refractivity contribution in [3.63, 3.8) is 0 Å². The van der Waals surface area contributed by atoms with Crippen LogP contribution in [0.25, 0.3) is 0 Å². The van der Waals surface area contributed by atoms with Crippen molar-refractivity contribution in [2.75, 3.05) is 13.1 Å². The molecule has 1 saturated carbocycles. The van der Waals surface area contributed by atoms with E-state index in [1.54, 1.807) is 0 Å². The second kappa shape index (κ2) is 6.18. The van der Waals surface area contributed by atoms with Crippen molar-refractivity contribution in [3.05, 3.63) is 35.9 Å². The lowest BCUT2D eigenvalue weighted by Gasteiger charge is -2.44. The van der Waals surface area contributed by atoms with Gasteiger partial charge in [-0.1, -0.05) is 49.6 Å². The fraction of sp³-hybridized carbons (Fsp3) is 0.611. The molecular weight excluding hydrogens is 260 g/mol. The molecule has 3 nitrogen and oxygen atoms in total. The quantitative estimate of drug-likeness (QED) is 0.894. The van der Waals surface area contributed by atoms with Crippen LogP contribution in [0.5, 0.6) is 0 Å². The van der Waals surface area contributed by atoms with Crippen LogP contribution < -0.4 is 11.1 Å². The number of hydrogen-bond acceptors (Lipinski definition) is 2. The Morgan fingerprint density at radius 1 is 1.05 bits per heavy atom. The van der Waals surface area contributed by atoms with Crippen molar-refractivity contribution in [2.24, 2.45) is 17.6 Å². The van der Waals surface area contributed by atoms with Gasteiger partial charge in [0.2, 0.25) is 5.91 Å². The first-order chi connectivity index (χ1) is 10.3. The van der Waals surface area contributed by atoms with Crippen molar-refractivity contribution in [2.45, 2.75) is 43.9 Å². The van der Waals surface area contributed by atoms with E-state index in [1.807, 2.05) is 18.2 Å². The summed E-state index contributed by atoms with van der Waals surface area (Å²) in [5.74, 6) is 0.617. The van der Waals surface area contributed by atoms with Gasteiger partial charge in [-0.25, -0.2) is 0 Å². The molecule has 1 aromatic carbocycles. The number of amides is 1. The van der Waals surface area contributed by atoms with Gasteiger partial charge in [0, 0.05) is 0 Å². The zero-order chi connectivity index (χ0) is 14.7. The van der Waals surface area contributed by atoms with Crippen molar-refractivity contribution >= 4 is 5.91 Å². The van der Waals surface area contributed by atoms with E-state index in [0.717, 1.165) is 37.9 Å². The fourth-order valence-corrected chi connectivity index (χ4v) is 4.66. The highest BCUT2D eigenvalue weighted by Gasteiger charge is 2.51. The van der Waals surface area contributed by atoms with Gasteiger partial charge in [0.05, 0.1) is 5.41 Å². The van der Waals surface area contributed by atoms with Gasteiger partial charge in [0.15, 0.2) is 0 Å². The highest BCUT2D eigenvalue weighted by molar-refractivity contribution is 5.87. The van der Waals surface area contributed by atoms with Crippen LogP contribution in [0.2, 0.25) is 0 Å². The summed E-state index contributed by atoms with van der Waals surface area (Å²) in [6.07, 6.45) is 7.07. The molecule has 2 fully saturated rings. The van der Waals surface area contributed by atoms with Crippen LogP contribution in [0.3, 0.4) is 0 Å². The lowest BCUT2D eigenvalue weighted by atomic mass is 9.58. The maximum atomic E-state index is 12.7. The number of carbonyl (C=O) groups excluding carboxylic acids is 1. The Morgan fingerprint density at radius 3 is 2.33 bits per heavy atom. The molecule has 0 bridgehead atoms. The van der Waals surface area contributed by atoms with Crippen LogP contribution >= 0.6 is 0 Å². The van der Waals surface area contributed by atoms with E-state index in [-0.39, 0.29) is 5.91 Å². The maximum absolute atomic E-state index is 12.7. The fourth-order valence-electron chi connectivity index (χ4n) is 4.66. The largest absolute Gasteiger partial charge is 0.369 e. The van der Waals surface area contributed by atoms with Crippen LogP contribution in [0.15, 0.2) is 30.3 Å². The summed E-state index contributed by atoms with van der Waals surface area (Å²) in [7, 11) is 0. The van der Waals surface area contributed by atoms with E-state index >= 15 is 0 Å². The van der Waals surface area contributed by atoms with Crippen LogP contribution in [-0.2, 0) is 10.2 Å². The van der Waals surface area contributed by atoms with Gasteiger partial charge in [0.25, 0.3) is 0 Å². The standard InChI is InChI=1S/C18H26N2O/c19-17(21)18(16-11-12-20-13-16,14-7-3-1-4-8-14)15-9-5-2-6-10-15/h1,3-4,7-8,15-16,20H,2,5-6,9-13H2,(H2,19,21). The van der Waals surface area contributed by atoms with Crippen LogP contribution in [-0.4, -0.2) is 19.0 Å². The summed E-state index contributed by atoms with van der Waals surface area (Å²) in [5.41, 5.74) is 6.70. The molecule has 1 amide bonds. The normalized spacial score (nSPS) is 26.4. The molecule has 0 aromatic heterocycles. The van der Waals surface area contributed by atoms with E-state index in [2.05, 4.69) is 17.4 Å². The second-order valence-electron chi connectivity index (χ2n) is 6.62. The molecule has 3 rings (SSSR count). The summed E-state index contributed by atoms with van der Waals surface area (Å²) in [6, 6.07) is 10.3. The van der Waals surface area contributed by atoms with Crippen LogP contribution in [0.1, 0.15) is 44.1 Å². The highest BCUT2D eigenvalue weighted by Crippen LogP contribution is 2.47. The third-order valence-corrected chi connectivity index (χ3v) is 5.61. The summed E-state index contributed by atoms with van der Waals surface area (Å²) in [5, 5.41) is 3.43. The molecule has 2 aliphatic rings. The maximum Gasteiger partial charge on any atom is 0.228 e. The first kappa shape index (κ1) is 14.6. The molecule has 1 aliphatic heterocycles. The Balaban J connectivity index is 2.08. The summed E-state index contributed by atoms with van der Waals surface area (Å²) >= 11 is 0. The van der Waals surface area contributed by atoms with Crippen molar-refractivity contribution in [1.82, 2.24) is 5.32 Å². The summed E-state index contributed by atoms with van der Waals surface area (Å²) in [6.45, 7) is 1.91. The van der Waals surface area contributed by atoms with E-state index < -0.39 is 5.41 Å². The Bertz CT molecular complexity index is 475. The van der Waals surface area contributed by atoms with Gasteiger partial charge in [0.1, 0.15) is 0 Å². The zero-order valence-corrected chi connectivity index (χ0v) is 12.7. The predicted molar refractivity (Wildman–Crippen MR) is 84.9 cm³/mol. The Morgan fingerprint density at radius 2 is 1.76 bits per heavy atom. The highest BCUT2D eigenvalue weighted by atomic mass is 16.1. The molecular formula is C18H26N2O. The summed E-state index contributed by atoms with van der Waals surface area (Å²) < 4.78 is 0. The number of benzene rings is 1. The number of rotatable bonds is 4. The predicted octanol–water partition coefficient (Wildman–Crippen LogP) is 2.60. The Hall–Kier alpha value is -1.35. The van der Waals surface area contributed by atoms with Gasteiger partial charge < -0.3 is 11.1 Å². The first-order valence-electron chi connectivity index (χ1n) is 8.32. The number of nitrogens with one attached hydrogen (secondary N) is 1. The number of carbonyl (C=O) groups is 1. The number of nitrogens with two attached hydrogens (primary N) is 1. The lowest BCUT2D eigenvalue weighted by molar-refractivity contribution is -0.128.